The van der Waals surface area contributed by atoms with Crippen molar-refractivity contribution in [1.82, 2.24) is 19.7 Å². The van der Waals surface area contributed by atoms with Gasteiger partial charge in [-0.15, -0.1) is 0 Å². The van der Waals surface area contributed by atoms with Crippen molar-refractivity contribution in [2.75, 3.05) is 5.32 Å². The molecule has 0 aliphatic carbocycles. The van der Waals surface area contributed by atoms with Crippen LogP contribution in [0.5, 0.6) is 0 Å². The van der Waals surface area contributed by atoms with Gasteiger partial charge in [0.25, 0.3) is 0 Å². The molecule has 0 spiro atoms. The van der Waals surface area contributed by atoms with E-state index >= 15 is 0 Å². The fourth-order valence-corrected chi connectivity index (χ4v) is 2.58. The number of hydrogen-bond acceptors (Lipinski definition) is 4. The molecule has 0 amide bonds. The van der Waals surface area contributed by atoms with Crippen LogP contribution in [0.4, 0.5) is 20.3 Å². The van der Waals surface area contributed by atoms with E-state index in [0.717, 1.165) is 28.7 Å². The predicted molar refractivity (Wildman–Crippen MR) is 90.5 cm³/mol. The number of halogens is 2. The zero-order valence-corrected chi connectivity index (χ0v) is 13.0. The van der Waals surface area contributed by atoms with Gasteiger partial charge in [0, 0.05) is 29.4 Å². The van der Waals surface area contributed by atoms with E-state index < -0.39 is 11.6 Å². The molecule has 0 unspecified atom stereocenters. The molecule has 5 nitrogen and oxygen atoms in total. The third kappa shape index (κ3) is 3.16. The fraction of sp³-hybridized carbons (Fsp3) is 0.0556. The fourth-order valence-electron chi connectivity index (χ4n) is 2.58. The van der Waals surface area contributed by atoms with Gasteiger partial charge >= 0.3 is 0 Å². The van der Waals surface area contributed by atoms with Gasteiger partial charge in [-0.2, -0.15) is 5.10 Å². The first-order chi connectivity index (χ1) is 12.2. The van der Waals surface area contributed by atoms with Gasteiger partial charge in [0.15, 0.2) is 0 Å². The summed E-state index contributed by atoms with van der Waals surface area (Å²) in [6, 6.07) is 8.90. The largest absolute Gasteiger partial charge is 0.339 e. The highest BCUT2D eigenvalue weighted by molar-refractivity contribution is 5.81. The minimum atomic E-state index is -0.478. The first-order valence-corrected chi connectivity index (χ1v) is 7.61. The van der Waals surface area contributed by atoms with Gasteiger partial charge in [0.2, 0.25) is 0 Å². The second-order valence-corrected chi connectivity index (χ2v) is 5.53. The zero-order valence-electron chi connectivity index (χ0n) is 13.0. The Balaban J connectivity index is 1.68. The highest BCUT2D eigenvalue weighted by Crippen LogP contribution is 2.21. The molecular formula is C18H13F2N5. The summed E-state index contributed by atoms with van der Waals surface area (Å²) < 4.78 is 28.9. The van der Waals surface area contributed by atoms with Crippen molar-refractivity contribution in [3.63, 3.8) is 0 Å². The van der Waals surface area contributed by atoms with Crippen LogP contribution in [0.3, 0.4) is 0 Å². The summed E-state index contributed by atoms with van der Waals surface area (Å²) in [6.45, 7) is 0.128. The molecule has 4 rings (SSSR count). The molecule has 0 aliphatic rings. The lowest BCUT2D eigenvalue weighted by Gasteiger charge is -2.08. The third-order valence-electron chi connectivity index (χ3n) is 3.79. The van der Waals surface area contributed by atoms with Gasteiger partial charge in [-0.25, -0.2) is 13.8 Å². The number of nitrogens with one attached hydrogen (secondary N) is 1. The number of hydrogen-bond donors (Lipinski definition) is 1. The number of pyridine rings is 2. The maximum absolute atomic E-state index is 13.9. The number of benzene rings is 1. The standard InChI is InChI=1S/C18H13F2N5/c19-14-3-4-16(20)12(6-14)11-25-17-7-18(22-8-13(17)9-23-25)24-15-2-1-5-21-10-15/h1-10H,11H2,(H,22,24). The molecule has 124 valence electrons. The number of fused-ring (bicyclic) bond motifs is 1. The summed E-state index contributed by atoms with van der Waals surface area (Å²) in [5, 5.41) is 8.22. The molecule has 0 atom stereocenters. The van der Waals surface area contributed by atoms with E-state index in [1.165, 1.54) is 6.07 Å². The lowest BCUT2D eigenvalue weighted by atomic mass is 10.2. The average Bonchev–Trinajstić information content (AvgIpc) is 3.01. The minimum absolute atomic E-state index is 0.128. The first-order valence-electron chi connectivity index (χ1n) is 7.61. The lowest BCUT2D eigenvalue weighted by Crippen LogP contribution is -2.04. The Morgan fingerprint density at radius 1 is 1.04 bits per heavy atom. The van der Waals surface area contributed by atoms with Crippen molar-refractivity contribution in [2.24, 2.45) is 0 Å². The van der Waals surface area contributed by atoms with Crippen molar-refractivity contribution in [3.05, 3.63) is 78.4 Å². The normalized spacial score (nSPS) is 11.0. The molecule has 3 heterocycles. The number of aromatic nitrogens is 4. The van der Waals surface area contributed by atoms with Crippen LogP contribution in [0.25, 0.3) is 10.9 Å². The maximum atomic E-state index is 13.9. The van der Waals surface area contributed by atoms with E-state index in [2.05, 4.69) is 20.4 Å². The van der Waals surface area contributed by atoms with Crippen molar-refractivity contribution >= 4 is 22.4 Å². The van der Waals surface area contributed by atoms with Gasteiger partial charge in [-0.05, 0) is 30.3 Å². The topological polar surface area (TPSA) is 55.6 Å². The van der Waals surface area contributed by atoms with Crippen LogP contribution in [0.2, 0.25) is 0 Å². The molecule has 0 radical (unpaired) electrons. The molecule has 25 heavy (non-hydrogen) atoms. The Bertz CT molecular complexity index is 1030. The van der Waals surface area contributed by atoms with Crippen LogP contribution >= 0.6 is 0 Å². The highest BCUT2D eigenvalue weighted by Gasteiger charge is 2.09. The molecule has 1 N–H and O–H groups in total. The Kier molecular flexibility index (Phi) is 3.81. The van der Waals surface area contributed by atoms with E-state index in [0.29, 0.717) is 5.82 Å². The summed E-state index contributed by atoms with van der Waals surface area (Å²) in [4.78, 5) is 8.37. The molecule has 0 aliphatic heterocycles. The number of nitrogens with zero attached hydrogens (tertiary/aromatic N) is 4. The third-order valence-corrected chi connectivity index (χ3v) is 3.79. The van der Waals surface area contributed by atoms with Crippen LogP contribution < -0.4 is 5.32 Å². The molecule has 1 aromatic carbocycles. The summed E-state index contributed by atoms with van der Waals surface area (Å²) in [7, 11) is 0. The zero-order chi connectivity index (χ0) is 17.2. The molecule has 0 saturated heterocycles. The second kappa shape index (κ2) is 6.27. The van der Waals surface area contributed by atoms with Crippen LogP contribution in [0, 0.1) is 11.6 Å². The van der Waals surface area contributed by atoms with E-state index in [-0.39, 0.29) is 12.1 Å². The molecule has 0 fully saturated rings. The first kappa shape index (κ1) is 15.2. The van der Waals surface area contributed by atoms with Gasteiger partial charge in [-0.1, -0.05) is 0 Å². The van der Waals surface area contributed by atoms with E-state index in [1.807, 2.05) is 18.2 Å². The van der Waals surface area contributed by atoms with Crippen LogP contribution in [0.1, 0.15) is 5.56 Å². The maximum Gasteiger partial charge on any atom is 0.132 e. The lowest BCUT2D eigenvalue weighted by molar-refractivity contribution is 0.570. The summed E-state index contributed by atoms with van der Waals surface area (Å²) in [5.41, 5.74) is 1.81. The highest BCUT2D eigenvalue weighted by atomic mass is 19.1. The predicted octanol–water partition coefficient (Wildman–Crippen LogP) is 3.90. The molecule has 3 aromatic heterocycles. The van der Waals surface area contributed by atoms with E-state index in [1.54, 1.807) is 29.5 Å². The Morgan fingerprint density at radius 3 is 2.80 bits per heavy atom. The number of anilines is 2. The molecular weight excluding hydrogens is 324 g/mol. The van der Waals surface area contributed by atoms with E-state index in [9.17, 15) is 8.78 Å². The average molecular weight is 337 g/mol. The van der Waals surface area contributed by atoms with Crippen LogP contribution in [0.15, 0.2) is 61.2 Å². The quantitative estimate of drug-likeness (QED) is 0.614. The minimum Gasteiger partial charge on any atom is -0.339 e. The van der Waals surface area contributed by atoms with E-state index in [4.69, 9.17) is 0 Å². The molecule has 4 aromatic rings. The van der Waals surface area contributed by atoms with Crippen molar-refractivity contribution in [2.45, 2.75) is 6.54 Å². The van der Waals surface area contributed by atoms with Crippen molar-refractivity contribution in [1.29, 1.82) is 0 Å². The monoisotopic (exact) mass is 337 g/mol. The SMILES string of the molecule is Fc1ccc(F)c(Cn2ncc3cnc(Nc4cccnc4)cc32)c1. The summed E-state index contributed by atoms with van der Waals surface area (Å²) in [5.74, 6) is -0.330. The molecule has 0 bridgehead atoms. The van der Waals surface area contributed by atoms with Crippen LogP contribution in [-0.2, 0) is 6.54 Å². The van der Waals surface area contributed by atoms with Crippen molar-refractivity contribution in [3.8, 4) is 0 Å². The van der Waals surface area contributed by atoms with Crippen LogP contribution in [-0.4, -0.2) is 19.7 Å². The van der Waals surface area contributed by atoms with Crippen molar-refractivity contribution < 1.29 is 8.78 Å². The second-order valence-electron chi connectivity index (χ2n) is 5.53. The van der Waals surface area contributed by atoms with Gasteiger partial charge < -0.3 is 5.32 Å². The summed E-state index contributed by atoms with van der Waals surface area (Å²) >= 11 is 0. The molecule has 0 saturated carbocycles. The Labute approximate surface area is 142 Å². The van der Waals surface area contributed by atoms with Gasteiger partial charge in [0.05, 0.1) is 30.1 Å². The Hall–Kier alpha value is -3.35. The van der Waals surface area contributed by atoms with Gasteiger partial charge in [0.1, 0.15) is 17.5 Å². The molecule has 7 heteroatoms. The smallest absolute Gasteiger partial charge is 0.132 e. The summed E-state index contributed by atoms with van der Waals surface area (Å²) in [6.07, 6.45) is 6.70. The Morgan fingerprint density at radius 2 is 1.96 bits per heavy atom. The van der Waals surface area contributed by atoms with Gasteiger partial charge in [-0.3, -0.25) is 9.67 Å². The number of rotatable bonds is 4.